The van der Waals surface area contributed by atoms with E-state index in [0.29, 0.717) is 0 Å². The van der Waals surface area contributed by atoms with Gasteiger partial charge in [0.1, 0.15) is 0 Å². The summed E-state index contributed by atoms with van der Waals surface area (Å²) in [6, 6.07) is 0. The van der Waals surface area contributed by atoms with Crippen molar-refractivity contribution in [2.45, 2.75) is 31.2 Å². The quantitative estimate of drug-likeness (QED) is 0.894. The van der Waals surface area contributed by atoms with Crippen LogP contribution in [0.15, 0.2) is 12.4 Å². The third-order valence-corrected chi connectivity index (χ3v) is 3.66. The van der Waals surface area contributed by atoms with Crippen molar-refractivity contribution < 1.29 is 27.8 Å². The SMILES string of the molecule is CC1CN(C(=O)CC(O)(c2nccn2C)C(F)(F)F)CCO1. The minimum Gasteiger partial charge on any atom is -0.375 e. The summed E-state index contributed by atoms with van der Waals surface area (Å²) in [5.74, 6) is -1.38. The third kappa shape index (κ3) is 3.09. The molecule has 22 heavy (non-hydrogen) atoms. The van der Waals surface area contributed by atoms with Gasteiger partial charge in [0, 0.05) is 32.5 Å². The van der Waals surface area contributed by atoms with E-state index in [2.05, 4.69) is 4.98 Å². The zero-order valence-electron chi connectivity index (χ0n) is 12.3. The zero-order chi connectivity index (χ0) is 16.5. The van der Waals surface area contributed by atoms with Gasteiger partial charge in [-0.25, -0.2) is 4.98 Å². The minimum absolute atomic E-state index is 0.202. The summed E-state index contributed by atoms with van der Waals surface area (Å²) in [4.78, 5) is 17.0. The molecule has 9 heteroatoms. The molecule has 0 spiro atoms. The molecule has 1 N–H and O–H groups in total. The van der Waals surface area contributed by atoms with Gasteiger partial charge in [-0.15, -0.1) is 0 Å². The van der Waals surface area contributed by atoms with Crippen LogP contribution in [0, 0.1) is 0 Å². The number of rotatable bonds is 3. The van der Waals surface area contributed by atoms with Gasteiger partial charge in [-0.3, -0.25) is 4.79 Å². The summed E-state index contributed by atoms with van der Waals surface area (Å²) in [5.41, 5.74) is -3.32. The predicted molar refractivity (Wildman–Crippen MR) is 69.8 cm³/mol. The van der Waals surface area contributed by atoms with Gasteiger partial charge in [-0.05, 0) is 6.92 Å². The zero-order valence-corrected chi connectivity index (χ0v) is 12.3. The van der Waals surface area contributed by atoms with E-state index in [0.717, 1.165) is 10.8 Å². The molecule has 1 amide bonds. The number of amides is 1. The van der Waals surface area contributed by atoms with Crippen LogP contribution in [-0.2, 0) is 22.2 Å². The monoisotopic (exact) mass is 321 g/mol. The largest absolute Gasteiger partial charge is 0.425 e. The number of ether oxygens (including phenoxy) is 1. The number of nitrogens with zero attached hydrogens (tertiary/aromatic N) is 3. The number of morpholine rings is 1. The minimum atomic E-state index is -5.01. The molecule has 1 fully saturated rings. The van der Waals surface area contributed by atoms with Crippen molar-refractivity contribution >= 4 is 5.91 Å². The molecular weight excluding hydrogens is 303 g/mol. The number of aromatic nitrogens is 2. The molecule has 1 saturated heterocycles. The van der Waals surface area contributed by atoms with Gasteiger partial charge in [-0.1, -0.05) is 0 Å². The Morgan fingerprint density at radius 1 is 1.55 bits per heavy atom. The van der Waals surface area contributed by atoms with Gasteiger partial charge < -0.3 is 19.3 Å². The molecule has 1 aliphatic heterocycles. The number of carbonyl (C=O) groups is 1. The lowest BCUT2D eigenvalue weighted by molar-refractivity contribution is -0.272. The van der Waals surface area contributed by atoms with Gasteiger partial charge >= 0.3 is 6.18 Å². The molecule has 124 valence electrons. The van der Waals surface area contributed by atoms with Crippen LogP contribution in [0.4, 0.5) is 13.2 Å². The molecule has 0 radical (unpaired) electrons. The Hall–Kier alpha value is -1.61. The van der Waals surface area contributed by atoms with E-state index < -0.39 is 29.9 Å². The van der Waals surface area contributed by atoms with E-state index in [4.69, 9.17) is 4.74 Å². The van der Waals surface area contributed by atoms with E-state index in [1.54, 1.807) is 6.92 Å². The van der Waals surface area contributed by atoms with Crippen LogP contribution in [-0.4, -0.2) is 57.4 Å². The van der Waals surface area contributed by atoms with Crippen LogP contribution < -0.4 is 0 Å². The number of aliphatic hydroxyl groups is 1. The van der Waals surface area contributed by atoms with Crippen LogP contribution >= 0.6 is 0 Å². The first kappa shape index (κ1) is 16.8. The van der Waals surface area contributed by atoms with Crippen molar-refractivity contribution in [3.8, 4) is 0 Å². The maximum absolute atomic E-state index is 13.4. The molecule has 6 nitrogen and oxygen atoms in total. The first-order valence-corrected chi connectivity index (χ1v) is 6.81. The van der Waals surface area contributed by atoms with Gasteiger partial charge in [0.25, 0.3) is 0 Å². The second-order valence-electron chi connectivity index (χ2n) is 5.42. The average Bonchev–Trinajstić information content (AvgIpc) is 2.84. The highest BCUT2D eigenvalue weighted by Gasteiger charge is 2.59. The van der Waals surface area contributed by atoms with E-state index in [9.17, 15) is 23.1 Å². The summed E-state index contributed by atoms with van der Waals surface area (Å²) in [5, 5.41) is 10.2. The fraction of sp³-hybridized carbons (Fsp3) is 0.692. The fourth-order valence-electron chi connectivity index (χ4n) is 2.45. The van der Waals surface area contributed by atoms with E-state index in [1.165, 1.54) is 18.1 Å². The van der Waals surface area contributed by atoms with Crippen molar-refractivity contribution in [3.05, 3.63) is 18.2 Å². The van der Waals surface area contributed by atoms with Crippen molar-refractivity contribution in [2.75, 3.05) is 19.7 Å². The number of imidazole rings is 1. The third-order valence-electron chi connectivity index (χ3n) is 3.66. The number of hydrogen-bond acceptors (Lipinski definition) is 4. The Kier molecular flexibility index (Phi) is 4.48. The second kappa shape index (κ2) is 5.88. The molecular formula is C13H18F3N3O3. The number of hydrogen-bond donors (Lipinski definition) is 1. The van der Waals surface area contributed by atoms with Crippen LogP contribution in [0.3, 0.4) is 0 Å². The summed E-state index contributed by atoms with van der Waals surface area (Å²) >= 11 is 0. The Bertz CT molecular complexity index is 546. The number of aryl methyl sites for hydroxylation is 1. The first-order chi connectivity index (χ1) is 10.1. The van der Waals surface area contributed by atoms with Crippen molar-refractivity contribution in [1.29, 1.82) is 0 Å². The van der Waals surface area contributed by atoms with Crippen molar-refractivity contribution in [2.24, 2.45) is 7.05 Å². The highest BCUT2D eigenvalue weighted by Crippen LogP contribution is 2.41. The maximum atomic E-state index is 13.4. The van der Waals surface area contributed by atoms with Gasteiger partial charge in [0.2, 0.25) is 11.5 Å². The van der Waals surface area contributed by atoms with Crippen LogP contribution in [0.2, 0.25) is 0 Å². The molecule has 1 aromatic heterocycles. The molecule has 0 bridgehead atoms. The van der Waals surface area contributed by atoms with E-state index in [1.807, 2.05) is 0 Å². The molecule has 2 heterocycles. The van der Waals surface area contributed by atoms with Gasteiger partial charge in [0.15, 0.2) is 5.82 Å². The molecule has 2 atom stereocenters. The Morgan fingerprint density at radius 3 is 2.73 bits per heavy atom. The predicted octanol–water partition coefficient (Wildman–Crippen LogP) is 0.807. The lowest BCUT2D eigenvalue weighted by Gasteiger charge is -2.35. The highest BCUT2D eigenvalue weighted by molar-refractivity contribution is 5.77. The van der Waals surface area contributed by atoms with E-state index in [-0.39, 0.29) is 25.8 Å². The topological polar surface area (TPSA) is 67.6 Å². The molecule has 2 rings (SSSR count). The summed E-state index contributed by atoms with van der Waals surface area (Å²) in [7, 11) is 1.33. The summed E-state index contributed by atoms with van der Waals surface area (Å²) in [6.07, 6.45) is -3.93. The smallest absolute Gasteiger partial charge is 0.375 e. The number of halogens is 3. The lowest BCUT2D eigenvalue weighted by Crippen LogP contribution is -2.51. The Labute approximate surface area is 125 Å². The second-order valence-corrected chi connectivity index (χ2v) is 5.42. The van der Waals surface area contributed by atoms with Crippen LogP contribution in [0.25, 0.3) is 0 Å². The fourth-order valence-corrected chi connectivity index (χ4v) is 2.45. The Morgan fingerprint density at radius 2 is 2.23 bits per heavy atom. The van der Waals surface area contributed by atoms with Crippen LogP contribution in [0.1, 0.15) is 19.2 Å². The summed E-state index contributed by atoms with van der Waals surface area (Å²) in [6.45, 7) is 2.40. The van der Waals surface area contributed by atoms with Crippen molar-refractivity contribution in [1.82, 2.24) is 14.5 Å². The number of alkyl halides is 3. The first-order valence-electron chi connectivity index (χ1n) is 6.81. The van der Waals surface area contributed by atoms with Gasteiger partial charge in [0.05, 0.1) is 19.1 Å². The van der Waals surface area contributed by atoms with Gasteiger partial charge in [-0.2, -0.15) is 13.2 Å². The molecule has 2 unspecified atom stereocenters. The normalized spacial score (nSPS) is 22.5. The standard InChI is InChI=1S/C13H18F3N3O3/c1-9-8-19(5-6-22-9)10(20)7-12(21,13(14,15)16)11-17-3-4-18(11)2/h3-4,9,21H,5-8H2,1-2H3. The van der Waals surface area contributed by atoms with E-state index >= 15 is 0 Å². The average molecular weight is 321 g/mol. The molecule has 0 aliphatic carbocycles. The molecule has 1 aromatic rings. The molecule has 0 aromatic carbocycles. The molecule has 1 aliphatic rings. The van der Waals surface area contributed by atoms with Crippen molar-refractivity contribution in [3.63, 3.8) is 0 Å². The summed E-state index contributed by atoms with van der Waals surface area (Å²) < 4.78 is 46.4. The molecule has 0 saturated carbocycles. The highest BCUT2D eigenvalue weighted by atomic mass is 19.4. The lowest BCUT2D eigenvalue weighted by atomic mass is 9.96. The maximum Gasteiger partial charge on any atom is 0.425 e. The van der Waals surface area contributed by atoms with Crippen LogP contribution in [0.5, 0.6) is 0 Å². The number of carbonyl (C=O) groups excluding carboxylic acids is 1. The Balaban J connectivity index is 2.24.